The highest BCUT2D eigenvalue weighted by atomic mass is 35.5. The Balaban J connectivity index is 2.30. The Morgan fingerprint density at radius 1 is 1.27 bits per heavy atom. The SMILES string of the molecule is O=C(O)Cc1c(-c2ccc(Cl)cc2Cl)nc2ccc(F)cn12. The molecule has 1 N–H and O–H groups in total. The first-order valence-corrected chi connectivity index (χ1v) is 7.05. The maximum atomic E-state index is 13.5. The highest BCUT2D eigenvalue weighted by Crippen LogP contribution is 2.33. The van der Waals surface area contributed by atoms with E-state index in [0.717, 1.165) is 0 Å². The van der Waals surface area contributed by atoms with Gasteiger partial charge in [-0.1, -0.05) is 23.2 Å². The van der Waals surface area contributed by atoms with E-state index in [1.807, 2.05) is 0 Å². The fraction of sp³-hybridized carbons (Fsp3) is 0.0667. The molecular formula is C15H9Cl2FN2O2. The van der Waals surface area contributed by atoms with Crippen LogP contribution in [-0.4, -0.2) is 20.5 Å². The monoisotopic (exact) mass is 338 g/mol. The van der Waals surface area contributed by atoms with Crippen LogP contribution in [0.5, 0.6) is 0 Å². The van der Waals surface area contributed by atoms with Crippen LogP contribution in [0.15, 0.2) is 36.5 Å². The molecule has 7 heteroatoms. The van der Waals surface area contributed by atoms with Crippen molar-refractivity contribution in [1.82, 2.24) is 9.38 Å². The van der Waals surface area contributed by atoms with Crippen molar-refractivity contribution in [1.29, 1.82) is 0 Å². The van der Waals surface area contributed by atoms with E-state index in [9.17, 15) is 9.18 Å². The average molecular weight is 339 g/mol. The molecule has 2 heterocycles. The van der Waals surface area contributed by atoms with E-state index >= 15 is 0 Å². The standard InChI is InChI=1S/C15H9Cl2FN2O2/c16-8-1-3-10(11(17)5-8)15-12(6-14(21)22)20-7-9(18)2-4-13(20)19-15/h1-5,7H,6H2,(H,21,22). The third-order valence-electron chi connectivity index (χ3n) is 3.19. The largest absolute Gasteiger partial charge is 0.481 e. The number of nitrogens with zero attached hydrogens (tertiary/aromatic N) is 2. The van der Waals surface area contributed by atoms with E-state index < -0.39 is 11.8 Å². The van der Waals surface area contributed by atoms with Crippen molar-refractivity contribution in [2.45, 2.75) is 6.42 Å². The normalized spacial score (nSPS) is 11.0. The van der Waals surface area contributed by atoms with E-state index in [2.05, 4.69) is 4.98 Å². The number of imidazole rings is 1. The molecule has 0 amide bonds. The van der Waals surface area contributed by atoms with Crippen molar-refractivity contribution in [2.24, 2.45) is 0 Å². The minimum atomic E-state index is -1.04. The van der Waals surface area contributed by atoms with Crippen LogP contribution < -0.4 is 0 Å². The molecule has 22 heavy (non-hydrogen) atoms. The van der Waals surface area contributed by atoms with Gasteiger partial charge in [-0.2, -0.15) is 0 Å². The second-order valence-corrected chi connectivity index (χ2v) is 5.52. The third-order valence-corrected chi connectivity index (χ3v) is 3.73. The van der Waals surface area contributed by atoms with Crippen molar-refractivity contribution in [3.63, 3.8) is 0 Å². The lowest BCUT2D eigenvalue weighted by molar-refractivity contribution is -0.136. The summed E-state index contributed by atoms with van der Waals surface area (Å²) in [6, 6.07) is 7.59. The molecule has 3 rings (SSSR count). The summed E-state index contributed by atoms with van der Waals surface area (Å²) in [5.41, 5.74) is 1.74. The molecule has 4 nitrogen and oxygen atoms in total. The van der Waals surface area contributed by atoms with Crippen molar-refractivity contribution in [2.75, 3.05) is 0 Å². The van der Waals surface area contributed by atoms with Crippen molar-refractivity contribution < 1.29 is 14.3 Å². The molecule has 1 aromatic carbocycles. The Labute approximate surface area is 134 Å². The number of rotatable bonds is 3. The molecule has 2 aromatic heterocycles. The smallest absolute Gasteiger partial charge is 0.309 e. The highest BCUT2D eigenvalue weighted by molar-refractivity contribution is 6.36. The first-order valence-electron chi connectivity index (χ1n) is 6.29. The van der Waals surface area contributed by atoms with Gasteiger partial charge in [0.05, 0.1) is 22.8 Å². The first-order chi connectivity index (χ1) is 10.5. The van der Waals surface area contributed by atoms with Crippen LogP contribution in [0.1, 0.15) is 5.69 Å². The van der Waals surface area contributed by atoms with Crippen LogP contribution in [0, 0.1) is 5.82 Å². The molecule has 0 saturated carbocycles. The number of fused-ring (bicyclic) bond motifs is 1. The van der Waals surface area contributed by atoms with Crippen LogP contribution in [-0.2, 0) is 11.2 Å². The molecular weight excluding hydrogens is 330 g/mol. The summed E-state index contributed by atoms with van der Waals surface area (Å²) >= 11 is 12.1. The quantitative estimate of drug-likeness (QED) is 0.782. The topological polar surface area (TPSA) is 54.6 Å². The van der Waals surface area contributed by atoms with Crippen LogP contribution in [0.25, 0.3) is 16.9 Å². The summed E-state index contributed by atoms with van der Waals surface area (Å²) in [6.07, 6.45) is 0.896. The van der Waals surface area contributed by atoms with Gasteiger partial charge in [-0.15, -0.1) is 0 Å². The molecule has 0 aliphatic carbocycles. The number of carbonyl (C=O) groups is 1. The lowest BCUT2D eigenvalue weighted by Gasteiger charge is -2.05. The zero-order valence-electron chi connectivity index (χ0n) is 11.1. The Kier molecular flexibility index (Phi) is 3.76. The van der Waals surface area contributed by atoms with Crippen LogP contribution in [0.3, 0.4) is 0 Å². The van der Waals surface area contributed by atoms with Crippen LogP contribution >= 0.6 is 23.2 Å². The Morgan fingerprint density at radius 3 is 2.73 bits per heavy atom. The van der Waals surface area contributed by atoms with E-state index in [0.29, 0.717) is 32.6 Å². The molecule has 0 atom stereocenters. The van der Waals surface area contributed by atoms with Gasteiger partial charge in [-0.3, -0.25) is 9.20 Å². The number of halogens is 3. The molecule has 0 radical (unpaired) electrons. The predicted octanol–water partition coefficient (Wildman–Crippen LogP) is 4.07. The molecule has 0 saturated heterocycles. The molecule has 0 aliphatic heterocycles. The Bertz CT molecular complexity index is 893. The van der Waals surface area contributed by atoms with Crippen LogP contribution in [0.2, 0.25) is 10.0 Å². The first kappa shape index (κ1) is 14.8. The number of hydrogen-bond donors (Lipinski definition) is 1. The van der Waals surface area contributed by atoms with Gasteiger partial charge in [0.1, 0.15) is 11.5 Å². The lowest BCUT2D eigenvalue weighted by atomic mass is 10.1. The van der Waals surface area contributed by atoms with Gasteiger partial charge in [0.2, 0.25) is 0 Å². The molecule has 3 aromatic rings. The summed E-state index contributed by atoms with van der Waals surface area (Å²) in [6.45, 7) is 0. The summed E-state index contributed by atoms with van der Waals surface area (Å²) < 4.78 is 14.9. The molecule has 0 spiro atoms. The van der Waals surface area contributed by atoms with E-state index in [-0.39, 0.29) is 6.42 Å². The number of aromatic nitrogens is 2. The zero-order chi connectivity index (χ0) is 15.9. The molecule has 0 unspecified atom stereocenters. The van der Waals surface area contributed by atoms with E-state index in [1.165, 1.54) is 22.7 Å². The highest BCUT2D eigenvalue weighted by Gasteiger charge is 2.19. The third kappa shape index (κ3) is 2.65. The summed E-state index contributed by atoms with van der Waals surface area (Å²) in [7, 11) is 0. The summed E-state index contributed by atoms with van der Waals surface area (Å²) in [5, 5.41) is 9.92. The minimum absolute atomic E-state index is 0.307. The van der Waals surface area contributed by atoms with Gasteiger partial charge in [-0.25, -0.2) is 9.37 Å². The predicted molar refractivity (Wildman–Crippen MR) is 81.9 cm³/mol. The number of benzene rings is 1. The Morgan fingerprint density at radius 2 is 2.05 bits per heavy atom. The summed E-state index contributed by atoms with van der Waals surface area (Å²) in [4.78, 5) is 15.5. The molecule has 0 fully saturated rings. The number of carboxylic acid groups (broad SMARTS) is 1. The van der Waals surface area contributed by atoms with E-state index in [4.69, 9.17) is 28.3 Å². The average Bonchev–Trinajstić information content (AvgIpc) is 2.76. The maximum absolute atomic E-state index is 13.5. The fourth-order valence-corrected chi connectivity index (χ4v) is 2.77. The van der Waals surface area contributed by atoms with Crippen molar-refractivity contribution in [3.8, 4) is 11.3 Å². The zero-order valence-corrected chi connectivity index (χ0v) is 12.6. The second-order valence-electron chi connectivity index (χ2n) is 4.68. The van der Waals surface area contributed by atoms with Gasteiger partial charge >= 0.3 is 5.97 Å². The van der Waals surface area contributed by atoms with Gasteiger partial charge in [0, 0.05) is 16.8 Å². The fourth-order valence-electron chi connectivity index (χ4n) is 2.28. The van der Waals surface area contributed by atoms with Crippen LogP contribution in [0.4, 0.5) is 4.39 Å². The number of hydrogen-bond acceptors (Lipinski definition) is 2. The van der Waals surface area contributed by atoms with Gasteiger partial charge in [0.25, 0.3) is 0 Å². The van der Waals surface area contributed by atoms with Crippen molar-refractivity contribution >= 4 is 34.8 Å². The van der Waals surface area contributed by atoms with Gasteiger partial charge < -0.3 is 5.11 Å². The number of pyridine rings is 1. The Hall–Kier alpha value is -2.11. The van der Waals surface area contributed by atoms with E-state index in [1.54, 1.807) is 18.2 Å². The number of aliphatic carboxylic acids is 1. The number of carboxylic acids is 1. The van der Waals surface area contributed by atoms with Gasteiger partial charge in [-0.05, 0) is 30.3 Å². The van der Waals surface area contributed by atoms with Gasteiger partial charge in [0.15, 0.2) is 0 Å². The molecule has 112 valence electrons. The molecule has 0 aliphatic rings. The second kappa shape index (κ2) is 5.59. The lowest BCUT2D eigenvalue weighted by Crippen LogP contribution is -2.05. The molecule has 0 bridgehead atoms. The minimum Gasteiger partial charge on any atom is -0.481 e. The van der Waals surface area contributed by atoms with Crippen molar-refractivity contribution in [3.05, 3.63) is 58.1 Å². The summed E-state index contributed by atoms with van der Waals surface area (Å²) in [5.74, 6) is -1.53. The maximum Gasteiger partial charge on any atom is 0.309 e.